The number of pyridine rings is 2. The molecule has 1 fully saturated rings. The molecule has 1 unspecified atom stereocenters. The average molecular weight is 1080 g/mol. The molecule has 0 spiro atoms. The molecule has 0 saturated heterocycles. The summed E-state index contributed by atoms with van der Waals surface area (Å²) in [6.07, 6.45) is 4.32. The maximum atomic E-state index is 15.4. The van der Waals surface area contributed by atoms with Gasteiger partial charge >= 0.3 is 5.97 Å². The van der Waals surface area contributed by atoms with Gasteiger partial charge in [-0.2, -0.15) is 0 Å². The number of unbranched alkanes of at least 4 members (excludes halogenated alkanes) is 2. The summed E-state index contributed by atoms with van der Waals surface area (Å²) in [7, 11) is 0. The second kappa shape index (κ2) is 23.5. The lowest BCUT2D eigenvalue weighted by atomic mass is 9.79. The molecule has 78 heavy (non-hydrogen) atoms. The van der Waals surface area contributed by atoms with Crippen molar-refractivity contribution in [3.63, 3.8) is 0 Å². The number of esters is 1. The number of aryl methyl sites for hydroxylation is 1. The molecule has 2 aromatic carbocycles. The molecule has 23 heteroatoms. The molecule has 5 heterocycles. The molecule has 412 valence electrons. The van der Waals surface area contributed by atoms with E-state index >= 15 is 4.39 Å². The Balaban J connectivity index is 0.724. The van der Waals surface area contributed by atoms with Crippen molar-refractivity contribution in [2.45, 2.75) is 121 Å². The molecule has 22 nitrogen and oxygen atoms in total. The van der Waals surface area contributed by atoms with Crippen LogP contribution in [-0.2, 0) is 79.4 Å². The van der Waals surface area contributed by atoms with Crippen LogP contribution in [0.15, 0.2) is 59.4 Å². The van der Waals surface area contributed by atoms with Gasteiger partial charge in [-0.25, -0.2) is 14.2 Å². The van der Waals surface area contributed by atoms with E-state index in [9.17, 15) is 53.4 Å². The van der Waals surface area contributed by atoms with Gasteiger partial charge in [0.2, 0.25) is 29.5 Å². The number of cyclic esters (lactones) is 1. The lowest BCUT2D eigenvalue weighted by Gasteiger charge is -2.36. The smallest absolute Gasteiger partial charge is 0.343 e. The normalized spacial score (nSPS) is 20.4. The van der Waals surface area contributed by atoms with Gasteiger partial charge in [-0.15, -0.1) is 0 Å². The number of hydrogen-bond donors (Lipinski definition) is 8. The monoisotopic (exact) mass is 1080 g/mol. The fraction of sp³-hybridized carbons (Fsp3) is 0.455. The molecule has 2 aliphatic carbocycles. The van der Waals surface area contributed by atoms with Crippen LogP contribution >= 0.6 is 0 Å². The van der Waals surface area contributed by atoms with Crippen molar-refractivity contribution in [1.29, 1.82) is 0 Å². The first-order valence-electron chi connectivity index (χ1n) is 26.3. The highest BCUT2D eigenvalue weighted by Gasteiger charge is 2.46. The number of benzene rings is 2. The highest BCUT2D eigenvalue weighted by Crippen LogP contribution is 2.46. The van der Waals surface area contributed by atoms with E-state index in [2.05, 4.69) is 31.9 Å². The highest BCUT2D eigenvalue weighted by atomic mass is 19.1. The van der Waals surface area contributed by atoms with Crippen molar-refractivity contribution in [3.05, 3.63) is 110 Å². The van der Waals surface area contributed by atoms with Crippen LogP contribution in [0, 0.1) is 18.7 Å². The Morgan fingerprint density at radius 2 is 1.65 bits per heavy atom. The Labute approximate surface area is 446 Å². The van der Waals surface area contributed by atoms with Crippen molar-refractivity contribution in [3.8, 4) is 11.4 Å². The fourth-order valence-electron chi connectivity index (χ4n) is 10.8. The summed E-state index contributed by atoms with van der Waals surface area (Å²) in [4.78, 5) is 121. The van der Waals surface area contributed by atoms with Crippen molar-refractivity contribution in [2.75, 3.05) is 32.9 Å². The lowest BCUT2D eigenvalue weighted by molar-refractivity contribution is -0.172. The molecule has 0 radical (unpaired) electrons. The van der Waals surface area contributed by atoms with Crippen molar-refractivity contribution in [1.82, 2.24) is 46.4 Å². The number of hydrogen-bond acceptors (Lipinski definition) is 15. The predicted molar refractivity (Wildman–Crippen MR) is 275 cm³/mol. The van der Waals surface area contributed by atoms with Gasteiger partial charge in [0.25, 0.3) is 17.4 Å². The summed E-state index contributed by atoms with van der Waals surface area (Å²) in [6, 6.07) is 10.3. The second-order valence-electron chi connectivity index (χ2n) is 20.3. The number of carbonyl (C=O) groups excluding carboxylic acids is 8. The van der Waals surface area contributed by atoms with Gasteiger partial charge in [0.1, 0.15) is 24.7 Å². The molecule has 9 rings (SSSR count). The summed E-state index contributed by atoms with van der Waals surface area (Å²) in [5.41, 5.74) is 2.44. The molecule has 4 aromatic rings. The molecular formula is C55H62FN9O13. The minimum absolute atomic E-state index is 0.0274. The third-order valence-electron chi connectivity index (χ3n) is 15.3. The number of aromatic nitrogens is 2. The summed E-state index contributed by atoms with van der Waals surface area (Å²) in [5.74, 6) is -4.90. The second-order valence-corrected chi connectivity index (χ2v) is 20.3. The van der Waals surface area contributed by atoms with Crippen LogP contribution in [0.1, 0.15) is 103 Å². The van der Waals surface area contributed by atoms with Crippen molar-refractivity contribution in [2.24, 2.45) is 5.92 Å². The molecule has 4 atom stereocenters. The molecule has 0 bridgehead atoms. The third-order valence-corrected chi connectivity index (χ3v) is 15.3. The zero-order valence-electron chi connectivity index (χ0n) is 43.2. The third kappa shape index (κ3) is 11.6. The molecule has 7 amide bonds. The maximum Gasteiger partial charge on any atom is 0.343 e. The van der Waals surface area contributed by atoms with Gasteiger partial charge in [0, 0.05) is 60.0 Å². The van der Waals surface area contributed by atoms with E-state index in [4.69, 9.17) is 14.5 Å². The van der Waals surface area contributed by atoms with Crippen LogP contribution in [0.5, 0.6) is 0 Å². The van der Waals surface area contributed by atoms with Crippen LogP contribution in [0.25, 0.3) is 22.3 Å². The summed E-state index contributed by atoms with van der Waals surface area (Å²) in [5, 5.41) is 39.0. The predicted octanol–water partition coefficient (Wildman–Crippen LogP) is 0.853. The van der Waals surface area contributed by atoms with Gasteiger partial charge in [-0.1, -0.05) is 43.7 Å². The number of rotatable bonds is 23. The average Bonchev–Trinajstić information content (AvgIpc) is 4.16. The van der Waals surface area contributed by atoms with Crippen LogP contribution in [-0.4, -0.2) is 123 Å². The number of nitrogens with zero attached hydrogens (tertiary/aromatic N) is 3. The first kappa shape index (κ1) is 55.0. The summed E-state index contributed by atoms with van der Waals surface area (Å²) in [6.45, 7) is 2.16. The van der Waals surface area contributed by atoms with Crippen LogP contribution < -0.4 is 37.5 Å². The van der Waals surface area contributed by atoms with Gasteiger partial charge < -0.3 is 50.8 Å². The number of halogens is 1. The Kier molecular flexibility index (Phi) is 16.6. The lowest BCUT2D eigenvalue weighted by Crippen LogP contribution is -2.53. The van der Waals surface area contributed by atoms with Crippen LogP contribution in [0.2, 0.25) is 0 Å². The molecule has 2 aromatic heterocycles. The van der Waals surface area contributed by atoms with Crippen molar-refractivity contribution < 1.29 is 62.4 Å². The first-order valence-corrected chi connectivity index (χ1v) is 26.3. The standard InChI is InChI=1S/C55H62FN9O13/c1-3-55(76)36-21-41-50-34(26-65(41)53(74)35(36)27-77-54(55)75)49-38(14-13-33-29(2)37(56)22-39(62-50)48(33)49)63-51(72)31-19-32(20-31)78-28-60-44(68)24-59-52(73)40(18-30-10-6-4-7-11-30)61-45(69)25-58-43(67)23-57-42(66)12-8-5-9-17-64-46(70)15-16-47(64)71/h4,6-7,10-11,15-16,21-22,31-32,38,40,44,60,68,76H,3,5,8-9,12-14,17-20,23-28H2,1-2H3,(H,57,66)(H,58,67)(H,59,73)(H,61,69)(H,63,72)/t31?,32?,38-,40-,44?,55-/m0/s1. The zero-order valence-corrected chi connectivity index (χ0v) is 43.2. The maximum absolute atomic E-state index is 15.4. The number of aliphatic hydroxyl groups excluding tert-OH is 1. The van der Waals surface area contributed by atoms with Gasteiger partial charge in [-0.05, 0) is 80.2 Å². The molecule has 1 saturated carbocycles. The van der Waals surface area contributed by atoms with E-state index in [1.54, 1.807) is 50.2 Å². The number of carbonyl (C=O) groups is 8. The van der Waals surface area contributed by atoms with E-state index in [0.717, 1.165) is 27.0 Å². The Bertz CT molecular complexity index is 3160. The minimum Gasteiger partial charge on any atom is -0.458 e. The van der Waals surface area contributed by atoms with E-state index in [1.807, 2.05) is 0 Å². The molecule has 3 aliphatic heterocycles. The zero-order chi connectivity index (χ0) is 55.4. The number of imide groups is 1. The number of fused-ring (bicyclic) bond motifs is 5. The van der Waals surface area contributed by atoms with Gasteiger partial charge in [-0.3, -0.25) is 48.6 Å². The first-order chi connectivity index (χ1) is 37.4. The Morgan fingerprint density at radius 3 is 2.40 bits per heavy atom. The Hall–Kier alpha value is -7.73. The van der Waals surface area contributed by atoms with E-state index < -0.39 is 71.4 Å². The number of nitrogens with one attached hydrogen (secondary N) is 6. The number of aliphatic hydroxyl groups is 2. The molecular weight excluding hydrogens is 1010 g/mol. The van der Waals surface area contributed by atoms with E-state index in [-0.39, 0.29) is 99.6 Å². The quantitative estimate of drug-likeness (QED) is 0.0195. The summed E-state index contributed by atoms with van der Waals surface area (Å²) < 4.78 is 28.1. The number of amides is 7. The van der Waals surface area contributed by atoms with Crippen LogP contribution in [0.3, 0.4) is 0 Å². The molecule has 5 aliphatic rings. The molecule has 8 N–H and O–H groups in total. The van der Waals surface area contributed by atoms with E-state index in [1.165, 1.54) is 22.8 Å². The topological polar surface area (TPSA) is 306 Å². The van der Waals surface area contributed by atoms with E-state index in [0.29, 0.717) is 73.0 Å². The van der Waals surface area contributed by atoms with Crippen molar-refractivity contribution >= 4 is 58.2 Å². The minimum atomic E-state index is -2.03. The highest BCUT2D eigenvalue weighted by molar-refractivity contribution is 6.12. The summed E-state index contributed by atoms with van der Waals surface area (Å²) >= 11 is 0. The van der Waals surface area contributed by atoms with Gasteiger partial charge in [0.15, 0.2) is 5.60 Å². The Morgan fingerprint density at radius 1 is 0.923 bits per heavy atom. The fourth-order valence-corrected chi connectivity index (χ4v) is 10.8. The van der Waals surface area contributed by atoms with Gasteiger partial charge in [0.05, 0.1) is 67.5 Å². The number of ether oxygens (including phenoxy) is 2. The van der Waals surface area contributed by atoms with Crippen LogP contribution in [0.4, 0.5) is 4.39 Å². The largest absolute Gasteiger partial charge is 0.458 e. The SMILES string of the molecule is CC[C@@]1(O)C(=O)OCc2c1cc1n(c2=O)Cc2c-1nc1cc(F)c(C)c3c1c2[C@@H](NC(=O)C1CC(OCNC(O)CNC(=O)[C@H](Cc2ccccc2)NC(=O)CNC(=O)CNC(=O)CCCCCN2C(=O)C=CC2=O)C1)CC3.